The van der Waals surface area contributed by atoms with Gasteiger partial charge in [0.1, 0.15) is 11.5 Å². The lowest BCUT2D eigenvalue weighted by Crippen LogP contribution is -2.07. The summed E-state index contributed by atoms with van der Waals surface area (Å²) in [6.45, 7) is 3.84. The summed E-state index contributed by atoms with van der Waals surface area (Å²) in [6.07, 6.45) is 3.88. The monoisotopic (exact) mass is 823 g/mol. The summed E-state index contributed by atoms with van der Waals surface area (Å²) in [6, 6.07) is 49.3. The summed E-state index contributed by atoms with van der Waals surface area (Å²) in [5, 5.41) is 0. The van der Waals surface area contributed by atoms with Crippen LogP contribution in [0.5, 0.6) is 11.5 Å². The fraction of sp³-hybridized carbons (Fsp3) is 0.0577. The highest BCUT2D eigenvalue weighted by molar-refractivity contribution is 7.85. The maximum Gasteiger partial charge on any atom is 0.294 e. The zero-order valence-electron chi connectivity index (χ0n) is 32.6. The minimum Gasteiger partial charge on any atom is -0.457 e. The molecule has 7 aromatic carbocycles. The Morgan fingerprint density at radius 2 is 0.967 bits per heavy atom. The molecule has 0 unspecified atom stereocenters. The van der Waals surface area contributed by atoms with E-state index in [1.165, 1.54) is 24.3 Å². The predicted molar refractivity (Wildman–Crippen MR) is 239 cm³/mol. The minimum absolute atomic E-state index is 0. The Morgan fingerprint density at radius 1 is 0.508 bits per heavy atom. The fourth-order valence-corrected chi connectivity index (χ4v) is 7.46. The van der Waals surface area contributed by atoms with E-state index in [2.05, 4.69) is 0 Å². The predicted octanol–water partition coefficient (Wildman–Crippen LogP) is 11.8. The molecule has 0 aliphatic heterocycles. The minimum atomic E-state index is -4.33. The summed E-state index contributed by atoms with van der Waals surface area (Å²) >= 11 is 0. The zero-order chi connectivity index (χ0) is 42.0. The first-order valence-corrected chi connectivity index (χ1v) is 20.5. The van der Waals surface area contributed by atoms with Gasteiger partial charge in [-0.25, -0.2) is 0 Å². The second-order valence-corrected chi connectivity index (χ2v) is 15.9. The van der Waals surface area contributed by atoms with Crippen molar-refractivity contribution in [2.24, 2.45) is 0 Å². The van der Waals surface area contributed by atoms with E-state index in [1.54, 1.807) is 36.4 Å². The van der Waals surface area contributed by atoms with Gasteiger partial charge in [0.25, 0.3) is 10.1 Å². The SMILES string of the molecule is C.Cc1ccc(C(=O)c2ccc(-c3ccc(-c4ccc(C)c(C(=O)c5ccc(Oc6ccc(S(=O)(=O)O)cc6)cc5)c4)c(C(=O)c4ccc(-n5cccc5)cc4)c3)cc2)cc1. The third-order valence-electron chi connectivity index (χ3n) is 10.4. The Labute approximate surface area is 355 Å². The van der Waals surface area contributed by atoms with E-state index in [1.807, 2.05) is 140 Å². The van der Waals surface area contributed by atoms with Gasteiger partial charge in [-0.3, -0.25) is 18.9 Å². The first-order chi connectivity index (χ1) is 28.9. The number of benzene rings is 7. The van der Waals surface area contributed by atoms with Gasteiger partial charge < -0.3 is 9.30 Å². The van der Waals surface area contributed by atoms with E-state index in [0.717, 1.165) is 27.9 Å². The Morgan fingerprint density at radius 3 is 1.56 bits per heavy atom. The van der Waals surface area contributed by atoms with Crippen molar-refractivity contribution in [1.82, 2.24) is 4.57 Å². The lowest BCUT2D eigenvalue weighted by atomic mass is 9.88. The Kier molecular flexibility index (Phi) is 11.9. The van der Waals surface area contributed by atoms with E-state index >= 15 is 0 Å². The molecule has 0 aliphatic rings. The average Bonchev–Trinajstić information content (AvgIpc) is 3.82. The lowest BCUT2D eigenvalue weighted by Gasteiger charge is -2.15. The van der Waals surface area contributed by atoms with Crippen LogP contribution in [-0.4, -0.2) is 34.9 Å². The van der Waals surface area contributed by atoms with E-state index in [0.29, 0.717) is 56.0 Å². The van der Waals surface area contributed by atoms with Crippen LogP contribution in [0.15, 0.2) is 187 Å². The van der Waals surface area contributed by atoms with Crippen molar-refractivity contribution in [3.8, 4) is 39.4 Å². The van der Waals surface area contributed by atoms with Gasteiger partial charge in [0.05, 0.1) is 4.90 Å². The van der Waals surface area contributed by atoms with Crippen LogP contribution in [0.25, 0.3) is 27.9 Å². The van der Waals surface area contributed by atoms with Crippen molar-refractivity contribution in [1.29, 1.82) is 0 Å². The highest BCUT2D eigenvalue weighted by Crippen LogP contribution is 2.33. The molecule has 0 fully saturated rings. The van der Waals surface area contributed by atoms with Gasteiger partial charge >= 0.3 is 0 Å². The number of nitrogens with zero attached hydrogens (tertiary/aromatic N) is 1. The van der Waals surface area contributed by atoms with Gasteiger partial charge in [0.15, 0.2) is 17.3 Å². The average molecular weight is 824 g/mol. The number of aryl methyl sites for hydroxylation is 2. The molecule has 8 nitrogen and oxygen atoms in total. The molecule has 0 spiro atoms. The van der Waals surface area contributed by atoms with Crippen molar-refractivity contribution in [2.75, 3.05) is 0 Å². The smallest absolute Gasteiger partial charge is 0.294 e. The summed E-state index contributed by atoms with van der Waals surface area (Å²) in [5.41, 5.74) is 8.74. The molecule has 1 N–H and O–H groups in total. The maximum absolute atomic E-state index is 14.5. The van der Waals surface area contributed by atoms with Gasteiger partial charge in [0, 0.05) is 51.5 Å². The Balaban J connectivity index is 0.00000561. The first-order valence-electron chi connectivity index (χ1n) is 19.1. The molecule has 0 bridgehead atoms. The highest BCUT2D eigenvalue weighted by Gasteiger charge is 2.20. The van der Waals surface area contributed by atoms with Crippen molar-refractivity contribution in [3.63, 3.8) is 0 Å². The number of hydrogen-bond acceptors (Lipinski definition) is 6. The van der Waals surface area contributed by atoms with E-state index in [4.69, 9.17) is 4.74 Å². The number of carbonyl (C=O) groups excluding carboxylic acids is 3. The summed E-state index contributed by atoms with van der Waals surface area (Å²) in [7, 11) is -4.33. The van der Waals surface area contributed by atoms with Crippen LogP contribution >= 0.6 is 0 Å². The third kappa shape index (κ3) is 9.08. The molecular formula is C52H41NO7S. The summed E-state index contributed by atoms with van der Waals surface area (Å²) < 4.78 is 39.8. The zero-order valence-corrected chi connectivity index (χ0v) is 33.4. The molecule has 0 aliphatic carbocycles. The fourth-order valence-electron chi connectivity index (χ4n) is 6.98. The summed E-state index contributed by atoms with van der Waals surface area (Å²) in [5.74, 6) is 0.297. The van der Waals surface area contributed by atoms with Gasteiger partial charge in [0.2, 0.25) is 0 Å². The first kappa shape index (κ1) is 41.7. The van der Waals surface area contributed by atoms with Crippen LogP contribution in [-0.2, 0) is 10.1 Å². The van der Waals surface area contributed by atoms with Crippen molar-refractivity contribution < 1.29 is 32.1 Å². The van der Waals surface area contributed by atoms with E-state index in [9.17, 15) is 27.4 Å². The van der Waals surface area contributed by atoms with E-state index in [-0.39, 0.29) is 29.7 Å². The van der Waals surface area contributed by atoms with Crippen LogP contribution in [0.2, 0.25) is 0 Å². The van der Waals surface area contributed by atoms with Crippen LogP contribution < -0.4 is 4.74 Å². The molecule has 61 heavy (non-hydrogen) atoms. The molecule has 1 aromatic heterocycles. The third-order valence-corrected chi connectivity index (χ3v) is 11.2. The molecule has 1 heterocycles. The molecular weight excluding hydrogens is 783 g/mol. The number of aromatic nitrogens is 1. The molecule has 0 amide bonds. The van der Waals surface area contributed by atoms with Crippen LogP contribution in [0.1, 0.15) is 66.3 Å². The highest BCUT2D eigenvalue weighted by atomic mass is 32.2. The molecule has 9 heteroatoms. The molecule has 0 radical (unpaired) electrons. The van der Waals surface area contributed by atoms with Crippen LogP contribution in [0, 0.1) is 13.8 Å². The summed E-state index contributed by atoms with van der Waals surface area (Å²) in [4.78, 5) is 41.5. The second kappa shape index (κ2) is 17.4. The molecule has 8 rings (SSSR count). The lowest BCUT2D eigenvalue weighted by molar-refractivity contribution is 0.103. The van der Waals surface area contributed by atoms with Gasteiger partial charge in [-0.15, -0.1) is 0 Å². The number of rotatable bonds is 12. The van der Waals surface area contributed by atoms with E-state index < -0.39 is 10.1 Å². The van der Waals surface area contributed by atoms with Crippen molar-refractivity contribution in [3.05, 3.63) is 227 Å². The topological polar surface area (TPSA) is 120 Å². The number of carbonyl (C=O) groups is 3. The molecule has 0 atom stereocenters. The van der Waals surface area contributed by atoms with Crippen molar-refractivity contribution >= 4 is 27.5 Å². The van der Waals surface area contributed by atoms with Gasteiger partial charge in [-0.2, -0.15) is 8.42 Å². The largest absolute Gasteiger partial charge is 0.457 e. The Bertz CT molecular complexity index is 2990. The Hall–Kier alpha value is -7.46. The maximum atomic E-state index is 14.5. The molecule has 302 valence electrons. The van der Waals surface area contributed by atoms with Crippen LogP contribution in [0.3, 0.4) is 0 Å². The number of ketones is 3. The van der Waals surface area contributed by atoms with Gasteiger partial charge in [-0.1, -0.05) is 85.8 Å². The number of hydrogen-bond donors (Lipinski definition) is 1. The van der Waals surface area contributed by atoms with Crippen LogP contribution in [0.4, 0.5) is 0 Å². The number of ether oxygens (including phenoxy) is 1. The normalized spacial score (nSPS) is 11.1. The molecule has 0 saturated carbocycles. The van der Waals surface area contributed by atoms with Crippen molar-refractivity contribution in [2.45, 2.75) is 26.2 Å². The second-order valence-electron chi connectivity index (χ2n) is 14.4. The molecule has 0 saturated heterocycles. The quantitative estimate of drug-likeness (QED) is 0.0962. The standard InChI is InChI=1S/C51H37NO7S.CH4/c1-33-5-8-36(9-6-33)49(53)37-13-11-35(12-14-37)40-19-28-46(48(31-40)51(55)38-15-20-42(21-16-38)52-29-3-4-30-52)41-10-7-34(2)47(32-41)50(54)39-17-22-43(23-18-39)59-44-24-26-45(27-25-44)60(56,57)58;/h3-32H,1-2H3,(H,56,57,58);1H4. The molecule has 8 aromatic rings. The van der Waals surface area contributed by atoms with Gasteiger partial charge in [-0.05, 0) is 139 Å².